The normalized spacial score (nSPS) is 10.6. The van der Waals surface area contributed by atoms with Gasteiger partial charge in [-0.2, -0.15) is 4.57 Å². The Balaban J connectivity index is 1.93. The van der Waals surface area contributed by atoms with Crippen LogP contribution in [-0.4, -0.2) is 25.9 Å². The Kier molecular flexibility index (Phi) is 7.19. The summed E-state index contributed by atoms with van der Waals surface area (Å²) in [7, 11) is 2.92. The van der Waals surface area contributed by atoms with Crippen LogP contribution in [0.5, 0.6) is 5.75 Å². The Morgan fingerprint density at radius 1 is 0.564 bits per heavy atom. The molecule has 2 amide bonds. The van der Waals surface area contributed by atoms with Crippen molar-refractivity contribution in [2.45, 2.75) is 0 Å². The predicted molar refractivity (Wildman–Crippen MR) is 151 cm³/mol. The molecule has 2 N–H and O–H groups in total. The maximum atomic E-state index is 13.2. The van der Waals surface area contributed by atoms with Gasteiger partial charge in [0.15, 0.2) is 0 Å². The number of rotatable bonds is 6. The van der Waals surface area contributed by atoms with E-state index in [-0.39, 0.29) is 11.1 Å². The van der Waals surface area contributed by atoms with Crippen LogP contribution in [0.1, 0.15) is 20.7 Å². The first-order chi connectivity index (χ1) is 19.0. The number of nitrogens with zero attached hydrogens (tertiary/aromatic N) is 1. The van der Waals surface area contributed by atoms with Gasteiger partial charge in [-0.05, 0) is 35.4 Å². The number of amides is 2. The lowest BCUT2D eigenvalue weighted by atomic mass is 9.97. The smallest absolute Gasteiger partial charge is 0.250 e. The summed E-state index contributed by atoms with van der Waals surface area (Å²) >= 11 is 0. The van der Waals surface area contributed by atoms with Crippen molar-refractivity contribution >= 4 is 11.8 Å². The molecule has 0 bridgehead atoms. The first-order valence-electron chi connectivity index (χ1n) is 12.6. The third kappa shape index (κ3) is 5.00. The Morgan fingerprint density at radius 2 is 0.949 bits per heavy atom. The fraction of sp³-hybridized carbons (Fsp3) is 0.0606. The van der Waals surface area contributed by atoms with Crippen LogP contribution < -0.4 is 20.3 Å². The van der Waals surface area contributed by atoms with Crippen molar-refractivity contribution in [2.75, 3.05) is 14.1 Å². The fourth-order valence-electron chi connectivity index (χ4n) is 4.66. The van der Waals surface area contributed by atoms with Crippen molar-refractivity contribution in [1.82, 2.24) is 10.6 Å². The highest BCUT2D eigenvalue weighted by Gasteiger charge is 2.27. The van der Waals surface area contributed by atoms with Crippen LogP contribution in [0, 0.1) is 0 Å². The monoisotopic (exact) mass is 513 g/mol. The number of hydrogen-bond donors (Lipinski definition) is 2. The lowest BCUT2D eigenvalue weighted by Crippen LogP contribution is -2.38. The molecule has 1 aromatic heterocycles. The van der Waals surface area contributed by atoms with E-state index in [9.17, 15) is 14.7 Å². The molecule has 0 aliphatic carbocycles. The summed E-state index contributed by atoms with van der Waals surface area (Å²) in [6, 6.07) is 37.2. The summed E-state index contributed by atoms with van der Waals surface area (Å²) < 4.78 is 2.00. The number of carbonyl (C=O) groups excluding carboxylic acids is 2. The first-order valence-corrected chi connectivity index (χ1v) is 12.6. The van der Waals surface area contributed by atoms with Gasteiger partial charge >= 0.3 is 0 Å². The summed E-state index contributed by atoms with van der Waals surface area (Å²) in [6.45, 7) is 0. The van der Waals surface area contributed by atoms with Gasteiger partial charge < -0.3 is 15.7 Å². The van der Waals surface area contributed by atoms with E-state index in [2.05, 4.69) is 34.9 Å². The average Bonchev–Trinajstić information content (AvgIpc) is 3.01. The van der Waals surface area contributed by atoms with E-state index in [1.54, 1.807) is 12.1 Å². The zero-order valence-corrected chi connectivity index (χ0v) is 21.6. The number of aromatic nitrogens is 1. The molecule has 39 heavy (non-hydrogen) atoms. The van der Waals surface area contributed by atoms with Gasteiger partial charge in [-0.15, -0.1) is 0 Å². The van der Waals surface area contributed by atoms with Crippen molar-refractivity contribution in [3.05, 3.63) is 126 Å². The Labute approximate surface area is 227 Å². The van der Waals surface area contributed by atoms with Gasteiger partial charge in [-0.25, -0.2) is 0 Å². The van der Waals surface area contributed by atoms with Crippen LogP contribution in [0.3, 0.4) is 0 Å². The number of benzene rings is 4. The van der Waals surface area contributed by atoms with Gasteiger partial charge in [0.2, 0.25) is 17.1 Å². The van der Waals surface area contributed by atoms with Gasteiger partial charge in [-0.1, -0.05) is 72.5 Å². The lowest BCUT2D eigenvalue weighted by molar-refractivity contribution is -0.572. The minimum absolute atomic E-state index is 0.105. The molecule has 5 rings (SSSR count). The van der Waals surface area contributed by atoms with Gasteiger partial charge in [-0.3, -0.25) is 9.59 Å². The van der Waals surface area contributed by atoms with Crippen LogP contribution in [-0.2, 0) is 0 Å². The van der Waals surface area contributed by atoms with Crippen molar-refractivity contribution in [3.63, 3.8) is 0 Å². The second-order valence-corrected chi connectivity index (χ2v) is 8.98. The maximum absolute atomic E-state index is 13.2. The Bertz CT molecular complexity index is 1550. The fourth-order valence-corrected chi connectivity index (χ4v) is 4.66. The third-order valence-corrected chi connectivity index (χ3v) is 6.59. The van der Waals surface area contributed by atoms with Gasteiger partial charge in [0.1, 0.15) is 0 Å². The first kappa shape index (κ1) is 25.4. The van der Waals surface area contributed by atoms with Crippen LogP contribution in [0.2, 0.25) is 0 Å². The molecule has 0 saturated carbocycles. The maximum Gasteiger partial charge on any atom is 0.250 e. The molecule has 0 radical (unpaired) electrons. The molecule has 192 valence electrons. The molecule has 0 aliphatic rings. The molecule has 0 spiro atoms. The van der Waals surface area contributed by atoms with E-state index in [4.69, 9.17) is 0 Å². The van der Waals surface area contributed by atoms with Crippen LogP contribution in [0.25, 0.3) is 39.3 Å². The quantitative estimate of drug-likeness (QED) is 0.321. The summed E-state index contributed by atoms with van der Waals surface area (Å²) in [5.41, 5.74) is 5.89. The second-order valence-electron chi connectivity index (χ2n) is 8.98. The third-order valence-electron chi connectivity index (χ3n) is 6.59. The molecule has 0 aliphatic heterocycles. The van der Waals surface area contributed by atoms with E-state index in [1.165, 1.54) is 14.1 Å². The highest BCUT2D eigenvalue weighted by molar-refractivity contribution is 6.04. The van der Waals surface area contributed by atoms with Crippen molar-refractivity contribution in [1.29, 1.82) is 0 Å². The zero-order valence-electron chi connectivity index (χ0n) is 21.6. The van der Waals surface area contributed by atoms with Crippen LogP contribution >= 0.6 is 0 Å². The molecular formula is C33H27N3O3. The van der Waals surface area contributed by atoms with E-state index >= 15 is 0 Å². The summed E-state index contributed by atoms with van der Waals surface area (Å²) in [5.74, 6) is -1.74. The second kappa shape index (κ2) is 11.0. The van der Waals surface area contributed by atoms with Crippen LogP contribution in [0.4, 0.5) is 0 Å². The van der Waals surface area contributed by atoms with Crippen molar-refractivity contribution < 1.29 is 19.3 Å². The molecule has 0 saturated heterocycles. The number of pyridine rings is 1. The number of carbonyl (C=O) groups is 2. The van der Waals surface area contributed by atoms with E-state index in [0.717, 1.165) is 33.6 Å². The van der Waals surface area contributed by atoms with Crippen molar-refractivity contribution in [3.8, 4) is 45.1 Å². The lowest BCUT2D eigenvalue weighted by Gasteiger charge is -2.19. The van der Waals surface area contributed by atoms with Crippen LogP contribution in [0.15, 0.2) is 115 Å². The molecule has 6 heteroatoms. The van der Waals surface area contributed by atoms with E-state index < -0.39 is 17.6 Å². The average molecular weight is 514 g/mol. The molecule has 0 atom stereocenters. The number of hydrogen-bond acceptors (Lipinski definition) is 3. The minimum Gasteiger partial charge on any atom is -0.871 e. The van der Waals surface area contributed by atoms with E-state index in [0.29, 0.717) is 5.69 Å². The molecule has 0 fully saturated rings. The Morgan fingerprint density at radius 3 is 1.33 bits per heavy atom. The standard InChI is InChI=1S/C33H27N3O3/c1-34-32(38)27-20-26(21-28(31(27)37)33(39)35-2)36-29(23-14-8-4-9-15-23)18-25(22-12-6-3-7-13-22)19-30(36)24-16-10-5-11-17-24/h3-21H,1-2H3,(H2-,34,35,37,38,39). The van der Waals surface area contributed by atoms with Crippen molar-refractivity contribution in [2.24, 2.45) is 0 Å². The zero-order chi connectivity index (χ0) is 27.4. The highest BCUT2D eigenvalue weighted by Crippen LogP contribution is 2.32. The molecule has 0 unspecified atom stereocenters. The number of nitrogens with one attached hydrogen (secondary N) is 2. The largest absolute Gasteiger partial charge is 0.871 e. The Hall–Kier alpha value is -5.23. The van der Waals surface area contributed by atoms with Gasteiger partial charge in [0, 0.05) is 60.6 Å². The van der Waals surface area contributed by atoms with E-state index in [1.807, 2.05) is 83.4 Å². The topological polar surface area (TPSA) is 85.1 Å². The molecule has 4 aromatic carbocycles. The highest BCUT2D eigenvalue weighted by atomic mass is 16.3. The molecule has 5 aromatic rings. The molecule has 6 nitrogen and oxygen atoms in total. The molecular weight excluding hydrogens is 486 g/mol. The summed E-state index contributed by atoms with van der Waals surface area (Å²) in [4.78, 5) is 25.6. The minimum atomic E-state index is -0.624. The molecule has 1 heterocycles. The summed E-state index contributed by atoms with van der Waals surface area (Å²) in [6.07, 6.45) is 0. The van der Waals surface area contributed by atoms with Gasteiger partial charge in [0.25, 0.3) is 11.8 Å². The summed E-state index contributed by atoms with van der Waals surface area (Å²) in [5, 5.41) is 18.2. The SMILES string of the molecule is CNC(=O)c1cc(-[n+]2c(-c3ccccc3)cc(-c3ccccc3)cc2-c2ccccc2)cc(C(=O)NC)c1[O-]. The predicted octanol–water partition coefficient (Wildman–Crippen LogP) is 4.76. The van der Waals surface area contributed by atoms with Gasteiger partial charge in [0.05, 0.1) is 0 Å².